The molecule has 22 heavy (non-hydrogen) atoms. The van der Waals surface area contributed by atoms with Crippen molar-refractivity contribution in [2.45, 2.75) is 19.9 Å². The summed E-state index contributed by atoms with van der Waals surface area (Å²) in [4.78, 5) is 25.4. The first-order valence-corrected chi connectivity index (χ1v) is 7.16. The maximum absolute atomic E-state index is 12.0. The van der Waals surface area contributed by atoms with Gasteiger partial charge in [0.05, 0.1) is 11.8 Å². The number of nitrogens with zero attached hydrogens (tertiary/aromatic N) is 1. The Kier molecular flexibility index (Phi) is 5.36. The minimum absolute atomic E-state index is 0.00642. The zero-order valence-electron chi connectivity index (χ0n) is 12.8. The largest absolute Gasteiger partial charge is 0.472 e. The number of amides is 2. The Morgan fingerprint density at radius 2 is 1.91 bits per heavy atom. The number of carbonyl (C=O) groups excluding carboxylic acids is 2. The van der Waals surface area contributed by atoms with Crippen LogP contribution in [-0.2, 0) is 11.3 Å². The molecule has 0 saturated heterocycles. The molecule has 0 saturated carbocycles. The molecule has 1 N–H and O–H groups in total. The van der Waals surface area contributed by atoms with Gasteiger partial charge in [0.25, 0.3) is 5.91 Å². The third kappa shape index (κ3) is 4.48. The van der Waals surface area contributed by atoms with Crippen LogP contribution in [0, 0.1) is 6.92 Å². The Morgan fingerprint density at radius 3 is 2.55 bits per heavy atom. The summed E-state index contributed by atoms with van der Waals surface area (Å²) in [5, 5.41) is 2.70. The average Bonchev–Trinajstić information content (AvgIpc) is 3.03. The summed E-state index contributed by atoms with van der Waals surface area (Å²) in [6, 6.07) is 9.66. The number of hydrogen-bond donors (Lipinski definition) is 1. The SMILES string of the molecule is Cc1ccc(CN(C)C(=O)CCNC(=O)c2ccoc2)cc1. The lowest BCUT2D eigenvalue weighted by Crippen LogP contribution is -2.31. The molecule has 0 radical (unpaired) electrons. The maximum atomic E-state index is 12.0. The van der Waals surface area contributed by atoms with E-state index in [9.17, 15) is 9.59 Å². The number of benzene rings is 1. The van der Waals surface area contributed by atoms with Crippen LogP contribution >= 0.6 is 0 Å². The van der Waals surface area contributed by atoms with Crippen molar-refractivity contribution in [2.24, 2.45) is 0 Å². The molecular formula is C17H20N2O3. The number of aryl methyl sites for hydroxylation is 1. The fourth-order valence-corrected chi connectivity index (χ4v) is 2.03. The van der Waals surface area contributed by atoms with E-state index in [-0.39, 0.29) is 18.2 Å². The molecule has 0 aliphatic rings. The van der Waals surface area contributed by atoms with Crippen molar-refractivity contribution in [3.8, 4) is 0 Å². The molecule has 0 spiro atoms. The van der Waals surface area contributed by atoms with Crippen molar-refractivity contribution in [1.82, 2.24) is 10.2 Å². The highest BCUT2D eigenvalue weighted by atomic mass is 16.3. The maximum Gasteiger partial charge on any atom is 0.254 e. The predicted octanol–water partition coefficient (Wildman–Crippen LogP) is 2.37. The first-order chi connectivity index (χ1) is 10.6. The molecule has 5 nitrogen and oxygen atoms in total. The minimum Gasteiger partial charge on any atom is -0.472 e. The normalized spacial score (nSPS) is 10.3. The van der Waals surface area contributed by atoms with Gasteiger partial charge in [0.1, 0.15) is 6.26 Å². The summed E-state index contributed by atoms with van der Waals surface area (Å²) >= 11 is 0. The Bertz CT molecular complexity index is 618. The second-order valence-electron chi connectivity index (χ2n) is 5.25. The lowest BCUT2D eigenvalue weighted by molar-refractivity contribution is -0.130. The monoisotopic (exact) mass is 300 g/mol. The zero-order chi connectivity index (χ0) is 15.9. The third-order valence-electron chi connectivity index (χ3n) is 3.37. The highest BCUT2D eigenvalue weighted by Gasteiger charge is 2.11. The lowest BCUT2D eigenvalue weighted by Gasteiger charge is -2.17. The molecule has 5 heteroatoms. The third-order valence-corrected chi connectivity index (χ3v) is 3.37. The number of furan rings is 1. The number of hydrogen-bond acceptors (Lipinski definition) is 3. The van der Waals surface area contributed by atoms with E-state index in [1.54, 1.807) is 18.0 Å². The summed E-state index contributed by atoms with van der Waals surface area (Å²) in [6.45, 7) is 2.90. The fraction of sp³-hybridized carbons (Fsp3) is 0.294. The molecule has 2 amide bonds. The van der Waals surface area contributed by atoms with Crippen LogP contribution < -0.4 is 5.32 Å². The Hall–Kier alpha value is -2.56. The van der Waals surface area contributed by atoms with Gasteiger partial charge in [-0.15, -0.1) is 0 Å². The van der Waals surface area contributed by atoms with E-state index in [0.717, 1.165) is 5.56 Å². The van der Waals surface area contributed by atoms with Gasteiger partial charge in [-0.3, -0.25) is 9.59 Å². The van der Waals surface area contributed by atoms with Crippen molar-refractivity contribution in [3.63, 3.8) is 0 Å². The Labute approximate surface area is 129 Å². The van der Waals surface area contributed by atoms with Crippen molar-refractivity contribution in [3.05, 3.63) is 59.5 Å². The quantitative estimate of drug-likeness (QED) is 0.891. The molecule has 0 aliphatic heterocycles. The summed E-state index contributed by atoms with van der Waals surface area (Å²) in [7, 11) is 1.76. The van der Waals surface area contributed by atoms with Crippen LogP contribution in [0.2, 0.25) is 0 Å². The zero-order valence-corrected chi connectivity index (χ0v) is 12.8. The van der Waals surface area contributed by atoms with Crippen LogP contribution in [-0.4, -0.2) is 30.3 Å². The van der Waals surface area contributed by atoms with Crippen molar-refractivity contribution < 1.29 is 14.0 Å². The highest BCUT2D eigenvalue weighted by Crippen LogP contribution is 2.06. The van der Waals surface area contributed by atoms with Crippen molar-refractivity contribution >= 4 is 11.8 Å². The molecule has 0 aliphatic carbocycles. The topological polar surface area (TPSA) is 62.6 Å². The van der Waals surface area contributed by atoms with E-state index in [1.165, 1.54) is 18.1 Å². The van der Waals surface area contributed by atoms with Gasteiger partial charge < -0.3 is 14.6 Å². The molecule has 1 aromatic carbocycles. The van der Waals surface area contributed by atoms with Gasteiger partial charge in [0.15, 0.2) is 0 Å². The van der Waals surface area contributed by atoms with Gasteiger partial charge in [0, 0.05) is 26.6 Å². The van der Waals surface area contributed by atoms with Gasteiger partial charge in [-0.25, -0.2) is 0 Å². The summed E-state index contributed by atoms with van der Waals surface area (Å²) < 4.78 is 4.84. The molecular weight excluding hydrogens is 280 g/mol. The minimum atomic E-state index is -0.234. The van der Waals surface area contributed by atoms with Crippen molar-refractivity contribution in [1.29, 1.82) is 0 Å². The summed E-state index contributed by atoms with van der Waals surface area (Å²) in [6.07, 6.45) is 3.09. The number of carbonyl (C=O) groups is 2. The summed E-state index contributed by atoms with van der Waals surface area (Å²) in [5.41, 5.74) is 2.74. The van der Waals surface area contributed by atoms with Crippen LogP contribution in [0.3, 0.4) is 0 Å². The van der Waals surface area contributed by atoms with Gasteiger partial charge in [0.2, 0.25) is 5.91 Å². The first kappa shape index (κ1) is 15.8. The molecule has 0 bridgehead atoms. The van der Waals surface area contributed by atoms with Gasteiger partial charge in [-0.1, -0.05) is 29.8 Å². The smallest absolute Gasteiger partial charge is 0.254 e. The lowest BCUT2D eigenvalue weighted by atomic mass is 10.1. The van der Waals surface area contributed by atoms with Crippen LogP contribution in [0.15, 0.2) is 47.3 Å². The van der Waals surface area contributed by atoms with E-state index in [2.05, 4.69) is 5.32 Å². The second kappa shape index (κ2) is 7.45. The van der Waals surface area contributed by atoms with Crippen LogP contribution in [0.25, 0.3) is 0 Å². The van der Waals surface area contributed by atoms with E-state index in [4.69, 9.17) is 4.42 Å². The summed E-state index contributed by atoms with van der Waals surface area (Å²) in [5.74, 6) is -0.240. The van der Waals surface area contributed by atoms with E-state index >= 15 is 0 Å². The molecule has 0 unspecified atom stereocenters. The standard InChI is InChI=1S/C17H20N2O3/c1-13-3-5-14(6-4-13)11-19(2)16(20)7-9-18-17(21)15-8-10-22-12-15/h3-6,8,10,12H,7,9,11H2,1-2H3,(H,18,21). The van der Waals surface area contributed by atoms with Gasteiger partial charge in [-0.05, 0) is 18.6 Å². The Balaban J connectivity index is 1.74. The second-order valence-corrected chi connectivity index (χ2v) is 5.25. The molecule has 0 atom stereocenters. The van der Waals surface area contributed by atoms with Gasteiger partial charge >= 0.3 is 0 Å². The van der Waals surface area contributed by atoms with E-state index < -0.39 is 0 Å². The first-order valence-electron chi connectivity index (χ1n) is 7.16. The molecule has 2 rings (SSSR count). The molecule has 1 heterocycles. The highest BCUT2D eigenvalue weighted by molar-refractivity contribution is 5.94. The van der Waals surface area contributed by atoms with E-state index in [1.807, 2.05) is 31.2 Å². The molecule has 2 aromatic rings. The van der Waals surface area contributed by atoms with Gasteiger partial charge in [-0.2, -0.15) is 0 Å². The van der Waals surface area contributed by atoms with Crippen LogP contribution in [0.5, 0.6) is 0 Å². The number of rotatable bonds is 6. The fourth-order valence-electron chi connectivity index (χ4n) is 2.03. The molecule has 116 valence electrons. The predicted molar refractivity (Wildman–Crippen MR) is 83.3 cm³/mol. The number of nitrogens with one attached hydrogen (secondary N) is 1. The average molecular weight is 300 g/mol. The van der Waals surface area contributed by atoms with Crippen LogP contribution in [0.4, 0.5) is 0 Å². The van der Waals surface area contributed by atoms with E-state index in [0.29, 0.717) is 18.7 Å². The van der Waals surface area contributed by atoms with Crippen LogP contribution in [0.1, 0.15) is 27.9 Å². The Morgan fingerprint density at radius 1 is 1.18 bits per heavy atom. The molecule has 1 aromatic heterocycles. The van der Waals surface area contributed by atoms with Crippen molar-refractivity contribution in [2.75, 3.05) is 13.6 Å². The molecule has 0 fully saturated rings.